The summed E-state index contributed by atoms with van der Waals surface area (Å²) in [6.07, 6.45) is 1.34. The van der Waals surface area contributed by atoms with Crippen LogP contribution in [0.1, 0.15) is 11.1 Å². The average molecular weight is 504 g/mol. The van der Waals surface area contributed by atoms with Crippen LogP contribution in [-0.2, 0) is 20.9 Å². The number of carbonyl (C=O) groups excluding carboxylic acids is 3. The molecule has 0 saturated carbocycles. The second-order valence-corrected chi connectivity index (χ2v) is 7.68. The lowest BCUT2D eigenvalue weighted by Crippen LogP contribution is -2.37. The molecule has 1 aliphatic heterocycles. The van der Waals surface area contributed by atoms with E-state index in [1.54, 1.807) is 48.5 Å². The van der Waals surface area contributed by atoms with Crippen LogP contribution >= 0.6 is 0 Å². The van der Waals surface area contributed by atoms with Gasteiger partial charge in [-0.1, -0.05) is 24.3 Å². The van der Waals surface area contributed by atoms with E-state index >= 15 is 0 Å². The molecule has 0 fully saturated rings. The number of fused-ring (bicyclic) bond motifs is 1. The van der Waals surface area contributed by atoms with Crippen molar-refractivity contribution >= 4 is 29.6 Å². The lowest BCUT2D eigenvalue weighted by molar-refractivity contribution is -0.139. The van der Waals surface area contributed by atoms with Gasteiger partial charge >= 0.3 is 11.8 Å². The van der Waals surface area contributed by atoms with Crippen molar-refractivity contribution in [3.63, 3.8) is 0 Å². The van der Waals surface area contributed by atoms with E-state index < -0.39 is 11.8 Å². The van der Waals surface area contributed by atoms with Gasteiger partial charge in [-0.2, -0.15) is 5.10 Å². The Balaban J connectivity index is 1.24. The minimum Gasteiger partial charge on any atom is -0.493 e. The highest BCUT2D eigenvalue weighted by Crippen LogP contribution is 2.32. The van der Waals surface area contributed by atoms with Gasteiger partial charge in [0.05, 0.1) is 13.3 Å². The number of anilines is 1. The van der Waals surface area contributed by atoms with Crippen LogP contribution in [0.15, 0.2) is 71.8 Å². The van der Waals surface area contributed by atoms with E-state index in [9.17, 15) is 14.4 Å². The summed E-state index contributed by atoms with van der Waals surface area (Å²) in [5, 5.41) is 9.05. The van der Waals surface area contributed by atoms with Gasteiger partial charge in [0, 0.05) is 12.2 Å². The maximum Gasteiger partial charge on any atom is 0.329 e. The van der Waals surface area contributed by atoms with E-state index in [1.807, 2.05) is 18.2 Å². The third-order valence-corrected chi connectivity index (χ3v) is 5.08. The van der Waals surface area contributed by atoms with Gasteiger partial charge in [0.15, 0.2) is 29.6 Å². The zero-order chi connectivity index (χ0) is 26.0. The fraction of sp³-hybridized carbons (Fsp3) is 0.154. The molecule has 0 aromatic heterocycles. The van der Waals surface area contributed by atoms with Gasteiger partial charge in [-0.15, -0.1) is 0 Å². The zero-order valence-corrected chi connectivity index (χ0v) is 19.9. The number of hydrazone groups is 1. The van der Waals surface area contributed by atoms with Crippen LogP contribution < -0.4 is 35.0 Å². The molecule has 3 amide bonds. The van der Waals surface area contributed by atoms with Crippen molar-refractivity contribution < 1.29 is 33.3 Å². The Kier molecular flexibility index (Phi) is 8.17. The Hall–Kier alpha value is -5.06. The predicted octanol–water partition coefficient (Wildman–Crippen LogP) is 2.21. The Morgan fingerprint density at radius 3 is 2.57 bits per heavy atom. The maximum atomic E-state index is 12.1. The molecule has 4 rings (SSSR count). The van der Waals surface area contributed by atoms with Crippen LogP contribution in [0.5, 0.6) is 23.0 Å². The maximum absolute atomic E-state index is 12.1. The third-order valence-electron chi connectivity index (χ3n) is 5.08. The Bertz CT molecular complexity index is 1310. The molecule has 3 aromatic carbocycles. The summed E-state index contributed by atoms with van der Waals surface area (Å²) >= 11 is 0. The van der Waals surface area contributed by atoms with Crippen LogP contribution in [0.4, 0.5) is 5.69 Å². The molecule has 11 nitrogen and oxygen atoms in total. The second kappa shape index (κ2) is 12.1. The SMILES string of the molecule is COc1cc(/C=N\NC(=O)C(=O)NCc2ccc3c(c2)OCO3)ccc1OCC(=O)Nc1ccccc1. The molecule has 0 unspecified atom stereocenters. The molecule has 0 aliphatic carbocycles. The summed E-state index contributed by atoms with van der Waals surface area (Å²) in [4.78, 5) is 36.2. The van der Waals surface area contributed by atoms with E-state index in [0.29, 0.717) is 34.2 Å². The van der Waals surface area contributed by atoms with Crippen molar-refractivity contribution in [3.05, 3.63) is 77.9 Å². The highest BCUT2D eigenvalue weighted by molar-refractivity contribution is 6.35. The van der Waals surface area contributed by atoms with Crippen molar-refractivity contribution in [2.24, 2.45) is 5.10 Å². The van der Waals surface area contributed by atoms with Gasteiger partial charge in [0.2, 0.25) is 6.79 Å². The molecule has 0 spiro atoms. The van der Waals surface area contributed by atoms with Crippen molar-refractivity contribution in [2.75, 3.05) is 25.8 Å². The molecule has 3 N–H and O–H groups in total. The number of amides is 3. The Morgan fingerprint density at radius 2 is 1.76 bits per heavy atom. The average Bonchev–Trinajstić information content (AvgIpc) is 3.39. The lowest BCUT2D eigenvalue weighted by Gasteiger charge is -2.11. The number of carbonyl (C=O) groups is 3. The monoisotopic (exact) mass is 504 g/mol. The molecule has 0 radical (unpaired) electrons. The number of nitrogens with one attached hydrogen (secondary N) is 3. The van der Waals surface area contributed by atoms with Gasteiger partial charge in [-0.05, 0) is 53.6 Å². The summed E-state index contributed by atoms with van der Waals surface area (Å²) in [7, 11) is 1.46. The number of hydrogen-bond donors (Lipinski definition) is 3. The normalized spacial score (nSPS) is 11.6. The fourth-order valence-corrected chi connectivity index (χ4v) is 3.28. The van der Waals surface area contributed by atoms with Gasteiger partial charge in [-0.25, -0.2) is 5.43 Å². The number of rotatable bonds is 9. The number of benzene rings is 3. The van der Waals surface area contributed by atoms with Crippen LogP contribution in [0.3, 0.4) is 0 Å². The topological polar surface area (TPSA) is 137 Å². The summed E-state index contributed by atoms with van der Waals surface area (Å²) in [5.74, 6) is -0.147. The molecule has 0 bridgehead atoms. The van der Waals surface area contributed by atoms with Gasteiger partial charge in [0.25, 0.3) is 5.91 Å². The number of ether oxygens (including phenoxy) is 4. The van der Waals surface area contributed by atoms with Crippen molar-refractivity contribution in [2.45, 2.75) is 6.54 Å². The van der Waals surface area contributed by atoms with E-state index in [0.717, 1.165) is 5.56 Å². The van der Waals surface area contributed by atoms with Gasteiger partial charge in [0.1, 0.15) is 0 Å². The number of nitrogens with zero attached hydrogens (tertiary/aromatic N) is 1. The largest absolute Gasteiger partial charge is 0.493 e. The molecule has 1 aliphatic rings. The molecule has 37 heavy (non-hydrogen) atoms. The van der Waals surface area contributed by atoms with E-state index in [1.165, 1.54) is 13.3 Å². The first-order valence-corrected chi connectivity index (χ1v) is 11.2. The summed E-state index contributed by atoms with van der Waals surface area (Å²) in [6, 6.07) is 19.1. The van der Waals surface area contributed by atoms with Crippen molar-refractivity contribution in [1.82, 2.24) is 10.7 Å². The van der Waals surface area contributed by atoms with Gasteiger partial charge in [-0.3, -0.25) is 14.4 Å². The first kappa shape index (κ1) is 25.0. The van der Waals surface area contributed by atoms with Crippen LogP contribution in [0, 0.1) is 0 Å². The summed E-state index contributed by atoms with van der Waals surface area (Å²) in [5.41, 5.74) is 4.16. The minimum absolute atomic E-state index is 0.134. The zero-order valence-electron chi connectivity index (χ0n) is 19.9. The minimum atomic E-state index is -0.923. The van der Waals surface area contributed by atoms with Crippen LogP contribution in [0.25, 0.3) is 0 Å². The smallest absolute Gasteiger partial charge is 0.329 e. The third kappa shape index (κ3) is 6.98. The first-order chi connectivity index (χ1) is 18.0. The molecular weight excluding hydrogens is 480 g/mol. The first-order valence-electron chi connectivity index (χ1n) is 11.2. The number of para-hydroxylation sites is 1. The quantitative estimate of drug-likeness (QED) is 0.231. The number of methoxy groups -OCH3 is 1. The highest BCUT2D eigenvalue weighted by Gasteiger charge is 2.16. The Labute approximate surface area is 212 Å². The molecule has 1 heterocycles. The highest BCUT2D eigenvalue weighted by atomic mass is 16.7. The Morgan fingerprint density at radius 1 is 0.946 bits per heavy atom. The van der Waals surface area contributed by atoms with Crippen molar-refractivity contribution in [3.8, 4) is 23.0 Å². The van der Waals surface area contributed by atoms with Crippen molar-refractivity contribution in [1.29, 1.82) is 0 Å². The summed E-state index contributed by atoms with van der Waals surface area (Å²) < 4.78 is 21.4. The molecule has 0 saturated heterocycles. The predicted molar refractivity (Wildman–Crippen MR) is 134 cm³/mol. The standard InChI is InChI=1S/C26H24N4O7/c1-34-22-11-18(8-9-20(22)35-15-24(31)29-19-5-3-2-4-6-19)14-28-30-26(33)25(32)27-13-17-7-10-21-23(12-17)37-16-36-21/h2-12,14H,13,15-16H2,1H3,(H,27,32)(H,29,31)(H,30,33)/b28-14-. The molecule has 11 heteroatoms. The number of hydrogen-bond acceptors (Lipinski definition) is 8. The van der Waals surface area contributed by atoms with E-state index in [2.05, 4.69) is 21.2 Å². The van der Waals surface area contributed by atoms with E-state index in [-0.39, 0.29) is 25.9 Å². The van der Waals surface area contributed by atoms with Crippen LogP contribution in [0.2, 0.25) is 0 Å². The van der Waals surface area contributed by atoms with Crippen LogP contribution in [-0.4, -0.2) is 44.4 Å². The molecule has 3 aromatic rings. The lowest BCUT2D eigenvalue weighted by atomic mass is 10.2. The molecule has 0 atom stereocenters. The molecule has 190 valence electrons. The van der Waals surface area contributed by atoms with E-state index in [4.69, 9.17) is 18.9 Å². The van der Waals surface area contributed by atoms with Gasteiger partial charge < -0.3 is 29.6 Å². The molecular formula is C26H24N4O7. The second-order valence-electron chi connectivity index (χ2n) is 7.68. The summed E-state index contributed by atoms with van der Waals surface area (Å²) in [6.45, 7) is 0.0733. The fourth-order valence-electron chi connectivity index (χ4n) is 3.28.